The van der Waals surface area contributed by atoms with Crippen molar-refractivity contribution in [2.75, 3.05) is 0 Å². The smallest absolute Gasteiger partial charge is 0.235 e. The average Bonchev–Trinajstić information content (AvgIpc) is 3.34. The molecule has 0 aliphatic rings. The van der Waals surface area contributed by atoms with Gasteiger partial charge in [-0.15, -0.1) is 22.0 Å². The molecular formula is C18H13N5OS2. The van der Waals surface area contributed by atoms with Crippen LogP contribution >= 0.6 is 23.1 Å². The number of nitrogens with zero attached hydrogens (tertiary/aromatic N) is 5. The highest BCUT2D eigenvalue weighted by Crippen LogP contribution is 2.33. The average molecular weight is 379 g/mol. The van der Waals surface area contributed by atoms with Gasteiger partial charge in [-0.25, -0.2) is 0 Å². The third kappa shape index (κ3) is 2.58. The van der Waals surface area contributed by atoms with Gasteiger partial charge in [0.1, 0.15) is 10.6 Å². The lowest BCUT2D eigenvalue weighted by molar-refractivity contribution is 0.619. The Morgan fingerprint density at radius 1 is 1.12 bits per heavy atom. The largest absolute Gasteiger partial charge is 0.452 e. The zero-order chi connectivity index (χ0) is 17.5. The quantitative estimate of drug-likeness (QED) is 0.425. The molecule has 8 heteroatoms. The maximum absolute atomic E-state index is 6.02. The molecule has 4 aromatic heterocycles. The van der Waals surface area contributed by atoms with Crippen LogP contribution in [-0.2, 0) is 5.75 Å². The summed E-state index contributed by atoms with van der Waals surface area (Å²) in [5.41, 5.74) is 1.90. The van der Waals surface area contributed by atoms with Crippen LogP contribution in [0.4, 0.5) is 0 Å². The van der Waals surface area contributed by atoms with Crippen LogP contribution in [0.2, 0.25) is 0 Å². The van der Waals surface area contributed by atoms with Crippen LogP contribution in [0.25, 0.3) is 27.5 Å². The van der Waals surface area contributed by atoms with Gasteiger partial charge in [-0.05, 0) is 25.1 Å². The zero-order valence-electron chi connectivity index (χ0n) is 13.8. The van der Waals surface area contributed by atoms with Crippen molar-refractivity contribution < 1.29 is 4.42 Å². The second-order valence-corrected chi connectivity index (χ2v) is 7.83. The first-order valence-corrected chi connectivity index (χ1v) is 9.82. The molecule has 26 heavy (non-hydrogen) atoms. The Balaban J connectivity index is 1.51. The Kier molecular flexibility index (Phi) is 3.72. The second-order valence-electron chi connectivity index (χ2n) is 5.74. The number of thioether (sulfide) groups is 1. The molecule has 0 aliphatic carbocycles. The lowest BCUT2D eigenvalue weighted by Crippen LogP contribution is -1.92. The lowest BCUT2D eigenvalue weighted by atomic mass is 10.1. The van der Waals surface area contributed by atoms with Crippen LogP contribution in [-0.4, -0.2) is 24.8 Å². The van der Waals surface area contributed by atoms with Crippen molar-refractivity contribution in [3.63, 3.8) is 0 Å². The minimum atomic E-state index is 0.644. The number of pyridine rings is 1. The Labute approximate surface area is 156 Å². The summed E-state index contributed by atoms with van der Waals surface area (Å²) in [6.07, 6.45) is 3.59. The highest BCUT2D eigenvalue weighted by molar-refractivity contribution is 7.98. The molecule has 0 saturated carbocycles. The van der Waals surface area contributed by atoms with Gasteiger partial charge in [0, 0.05) is 28.2 Å². The van der Waals surface area contributed by atoms with E-state index in [1.807, 2.05) is 43.3 Å². The van der Waals surface area contributed by atoms with Crippen molar-refractivity contribution >= 4 is 39.0 Å². The number of aryl methyl sites for hydroxylation is 1. The summed E-state index contributed by atoms with van der Waals surface area (Å²) in [4.78, 5) is 5.97. The first-order chi connectivity index (χ1) is 12.8. The standard InChI is InChI=1S/C18H13N5OS2/c1-11-13-4-2-3-5-14(13)24-16(11)17-20-21-18-23(17)22-15(26-18)10-25-12-6-8-19-9-7-12/h2-9H,10H2,1H3. The van der Waals surface area contributed by atoms with Gasteiger partial charge in [-0.2, -0.15) is 9.61 Å². The molecule has 0 atom stereocenters. The Morgan fingerprint density at radius 2 is 1.96 bits per heavy atom. The molecule has 0 amide bonds. The van der Waals surface area contributed by atoms with Crippen LogP contribution in [0, 0.1) is 6.92 Å². The number of rotatable bonds is 4. The molecule has 6 nitrogen and oxygen atoms in total. The zero-order valence-corrected chi connectivity index (χ0v) is 15.4. The van der Waals surface area contributed by atoms with E-state index < -0.39 is 0 Å². The topological polar surface area (TPSA) is 69.1 Å². The van der Waals surface area contributed by atoms with Crippen LogP contribution < -0.4 is 0 Å². The van der Waals surface area contributed by atoms with E-state index in [1.165, 1.54) is 4.90 Å². The number of para-hydroxylation sites is 1. The first kappa shape index (κ1) is 15.5. The van der Waals surface area contributed by atoms with Crippen LogP contribution in [0.1, 0.15) is 10.6 Å². The highest BCUT2D eigenvalue weighted by Gasteiger charge is 2.20. The van der Waals surface area contributed by atoms with Crippen LogP contribution in [0.3, 0.4) is 0 Å². The van der Waals surface area contributed by atoms with Gasteiger partial charge >= 0.3 is 0 Å². The third-order valence-corrected chi connectivity index (χ3v) is 6.20. The van der Waals surface area contributed by atoms with Crippen molar-refractivity contribution in [1.82, 2.24) is 24.8 Å². The van der Waals surface area contributed by atoms with E-state index in [1.54, 1.807) is 40.0 Å². The summed E-state index contributed by atoms with van der Waals surface area (Å²) in [5, 5.41) is 15.3. The van der Waals surface area contributed by atoms with E-state index in [-0.39, 0.29) is 0 Å². The molecule has 128 valence electrons. The molecule has 0 N–H and O–H groups in total. The normalized spacial score (nSPS) is 11.6. The van der Waals surface area contributed by atoms with Gasteiger partial charge in [-0.3, -0.25) is 4.98 Å². The second kappa shape index (κ2) is 6.22. The Bertz CT molecular complexity index is 1210. The summed E-state index contributed by atoms with van der Waals surface area (Å²) < 4.78 is 7.79. The van der Waals surface area contributed by atoms with Crippen molar-refractivity contribution in [3.05, 3.63) is 59.4 Å². The van der Waals surface area contributed by atoms with E-state index in [0.717, 1.165) is 38.0 Å². The molecule has 0 spiro atoms. The lowest BCUT2D eigenvalue weighted by Gasteiger charge is -1.97. The van der Waals surface area contributed by atoms with Gasteiger partial charge < -0.3 is 4.42 Å². The summed E-state index contributed by atoms with van der Waals surface area (Å²) in [7, 11) is 0. The van der Waals surface area contributed by atoms with E-state index in [4.69, 9.17) is 4.42 Å². The van der Waals surface area contributed by atoms with Crippen molar-refractivity contribution in [2.24, 2.45) is 0 Å². The first-order valence-electron chi connectivity index (χ1n) is 8.02. The maximum Gasteiger partial charge on any atom is 0.235 e. The molecule has 4 heterocycles. The number of hydrogen-bond acceptors (Lipinski definition) is 7. The summed E-state index contributed by atoms with van der Waals surface area (Å²) in [6, 6.07) is 12.0. The number of fused-ring (bicyclic) bond motifs is 2. The van der Waals surface area contributed by atoms with Gasteiger partial charge in [0.05, 0.1) is 5.75 Å². The summed E-state index contributed by atoms with van der Waals surface area (Å²) in [5.74, 6) is 2.14. The fraction of sp³-hybridized carbons (Fsp3) is 0.111. The SMILES string of the molecule is Cc1c(-c2nnc3sc(CSc4ccncc4)nn23)oc2ccccc12. The molecule has 0 bridgehead atoms. The third-order valence-electron chi connectivity index (χ3n) is 4.09. The molecule has 5 aromatic rings. The molecule has 0 aliphatic heterocycles. The minimum absolute atomic E-state index is 0.644. The molecular weight excluding hydrogens is 366 g/mol. The molecule has 0 radical (unpaired) electrons. The monoisotopic (exact) mass is 379 g/mol. The predicted molar refractivity (Wildman–Crippen MR) is 102 cm³/mol. The molecule has 5 rings (SSSR count). The molecule has 1 aromatic carbocycles. The fourth-order valence-electron chi connectivity index (χ4n) is 2.82. The van der Waals surface area contributed by atoms with Gasteiger partial charge in [0.2, 0.25) is 10.8 Å². The molecule has 0 unspecified atom stereocenters. The Morgan fingerprint density at radius 3 is 2.81 bits per heavy atom. The summed E-state index contributed by atoms with van der Waals surface area (Å²) in [6.45, 7) is 2.04. The van der Waals surface area contributed by atoms with E-state index in [9.17, 15) is 0 Å². The number of aromatic nitrogens is 5. The summed E-state index contributed by atoms with van der Waals surface area (Å²) >= 11 is 3.27. The number of benzene rings is 1. The van der Waals surface area contributed by atoms with E-state index in [0.29, 0.717) is 5.82 Å². The van der Waals surface area contributed by atoms with Gasteiger partial charge in [-0.1, -0.05) is 29.5 Å². The molecule has 0 saturated heterocycles. The van der Waals surface area contributed by atoms with Gasteiger partial charge in [0.15, 0.2) is 5.76 Å². The van der Waals surface area contributed by atoms with Crippen molar-refractivity contribution in [3.8, 4) is 11.6 Å². The minimum Gasteiger partial charge on any atom is -0.452 e. The predicted octanol–water partition coefficient (Wildman–Crippen LogP) is 4.59. The van der Waals surface area contributed by atoms with E-state index >= 15 is 0 Å². The Hall–Kier alpha value is -2.71. The molecule has 0 fully saturated rings. The maximum atomic E-state index is 6.02. The number of hydrogen-bond donors (Lipinski definition) is 0. The van der Waals surface area contributed by atoms with Crippen molar-refractivity contribution in [1.29, 1.82) is 0 Å². The van der Waals surface area contributed by atoms with Crippen molar-refractivity contribution in [2.45, 2.75) is 17.6 Å². The fourth-order valence-corrected chi connectivity index (χ4v) is 4.53. The van der Waals surface area contributed by atoms with Gasteiger partial charge in [0.25, 0.3) is 0 Å². The number of furan rings is 1. The highest BCUT2D eigenvalue weighted by atomic mass is 32.2. The van der Waals surface area contributed by atoms with Crippen LogP contribution in [0.15, 0.2) is 58.1 Å². The van der Waals surface area contributed by atoms with E-state index in [2.05, 4.69) is 20.3 Å². The van der Waals surface area contributed by atoms with Crippen LogP contribution in [0.5, 0.6) is 0 Å².